The van der Waals surface area contributed by atoms with E-state index in [0.717, 1.165) is 11.1 Å². The third-order valence-electron chi connectivity index (χ3n) is 11.1. The Balaban J connectivity index is 1.45. The van der Waals surface area contributed by atoms with Crippen LogP contribution in [0.4, 0.5) is 15.3 Å². The van der Waals surface area contributed by atoms with E-state index in [-0.39, 0.29) is 24.2 Å². The van der Waals surface area contributed by atoms with E-state index in [1.807, 2.05) is 58.9 Å². The van der Waals surface area contributed by atoms with Gasteiger partial charge in [-0.3, -0.25) is 14.5 Å². The van der Waals surface area contributed by atoms with Crippen molar-refractivity contribution in [2.75, 3.05) is 11.4 Å². The normalized spacial score (nSPS) is 33.1. The van der Waals surface area contributed by atoms with Crippen LogP contribution in [0.3, 0.4) is 0 Å². The van der Waals surface area contributed by atoms with Crippen molar-refractivity contribution in [1.82, 2.24) is 9.80 Å². The van der Waals surface area contributed by atoms with Crippen LogP contribution in [-0.4, -0.2) is 74.3 Å². The number of amides is 4. The number of carbonyl (C=O) groups is 4. The lowest BCUT2D eigenvalue weighted by Gasteiger charge is -2.69. The van der Waals surface area contributed by atoms with Gasteiger partial charge in [-0.1, -0.05) is 19.9 Å². The molecule has 4 amide bonds. The summed E-state index contributed by atoms with van der Waals surface area (Å²) in [5, 5.41) is 0. The maximum Gasteiger partial charge on any atom is 0.418 e. The number of hydrogen-bond acceptors (Lipinski definition) is 7. The predicted molar refractivity (Wildman–Crippen MR) is 171 cm³/mol. The molecule has 4 saturated heterocycles. The third kappa shape index (κ3) is 4.00. The molecule has 1 aromatic rings. The van der Waals surface area contributed by atoms with E-state index in [4.69, 9.17) is 14.2 Å². The third-order valence-corrected chi connectivity index (χ3v) is 11.1. The molecule has 7 aliphatic rings. The second kappa shape index (κ2) is 9.07. The summed E-state index contributed by atoms with van der Waals surface area (Å²) in [6.45, 7) is 19.5. The highest BCUT2D eigenvalue weighted by Gasteiger charge is 2.80. The Morgan fingerprint density at radius 1 is 0.913 bits per heavy atom. The molecule has 5 atom stereocenters. The number of carbonyl (C=O) groups excluding carboxylic acids is 4. The van der Waals surface area contributed by atoms with Crippen LogP contribution in [0.15, 0.2) is 18.2 Å². The molecule has 5 fully saturated rings. The van der Waals surface area contributed by atoms with E-state index >= 15 is 0 Å². The Hall–Kier alpha value is -3.56. The molecule has 46 heavy (non-hydrogen) atoms. The van der Waals surface area contributed by atoms with Gasteiger partial charge in [0.05, 0.1) is 11.7 Å². The molecule has 1 aliphatic carbocycles. The summed E-state index contributed by atoms with van der Waals surface area (Å²) in [7, 11) is 0. The molecule has 2 bridgehead atoms. The first kappa shape index (κ1) is 31.1. The molecule has 6 heterocycles. The average molecular weight is 634 g/mol. The molecule has 0 radical (unpaired) electrons. The molecule has 8 rings (SSSR count). The average Bonchev–Trinajstić information content (AvgIpc) is 3.48. The van der Waals surface area contributed by atoms with Gasteiger partial charge in [-0.15, -0.1) is 0 Å². The number of rotatable bonds is 0. The van der Waals surface area contributed by atoms with Crippen molar-refractivity contribution in [3.05, 3.63) is 29.3 Å². The molecule has 0 N–H and O–H groups in total. The standard InChI is InChI=1S/C36H47N3O7/c1-31(2,3)45-29(42)38-25-20(12-13-23-21(25)14-16-33(7,8)44-23)22-18-36-24(34(9,10)26(22)38)19-35(15-11-17-37(35)28(36)41)27(40)39(36)30(43)46-32(4,5)6/h12-14,16,22,24,26H,11,15,17-19H2,1-10H3/t22-,24-,26+,35-,36-/m1/s1. The van der Waals surface area contributed by atoms with E-state index in [9.17, 15) is 19.2 Å². The molecule has 10 heteroatoms. The molecule has 6 aliphatic heterocycles. The number of fused-ring (bicyclic) bond motifs is 6. The molecule has 248 valence electrons. The summed E-state index contributed by atoms with van der Waals surface area (Å²) in [5.74, 6) is -0.658. The molecule has 1 saturated carbocycles. The quantitative estimate of drug-likeness (QED) is 0.325. The van der Waals surface area contributed by atoms with Gasteiger partial charge in [0.25, 0.3) is 5.91 Å². The molecule has 0 unspecified atom stereocenters. The highest BCUT2D eigenvalue weighted by molar-refractivity contribution is 6.12. The van der Waals surface area contributed by atoms with E-state index in [1.54, 1.807) is 30.6 Å². The minimum atomic E-state index is -1.46. The molecule has 0 aromatic heterocycles. The van der Waals surface area contributed by atoms with E-state index in [1.165, 1.54) is 4.90 Å². The number of piperazine rings is 1. The summed E-state index contributed by atoms with van der Waals surface area (Å²) in [5.41, 5.74) is -3.08. The van der Waals surface area contributed by atoms with Crippen LogP contribution in [0, 0.1) is 11.3 Å². The van der Waals surface area contributed by atoms with Crippen molar-refractivity contribution < 1.29 is 33.4 Å². The monoisotopic (exact) mass is 633 g/mol. The molecule has 1 aromatic carbocycles. The van der Waals surface area contributed by atoms with Crippen LogP contribution in [0.5, 0.6) is 5.75 Å². The first-order valence-corrected chi connectivity index (χ1v) is 16.6. The number of piperidine rings is 2. The maximum absolute atomic E-state index is 14.9. The van der Waals surface area contributed by atoms with Crippen molar-refractivity contribution in [1.29, 1.82) is 0 Å². The van der Waals surface area contributed by atoms with Crippen LogP contribution in [0.2, 0.25) is 0 Å². The minimum Gasteiger partial charge on any atom is -0.483 e. The number of nitrogens with zero attached hydrogens (tertiary/aromatic N) is 3. The Bertz CT molecular complexity index is 1610. The second-order valence-corrected chi connectivity index (χ2v) is 17.3. The van der Waals surface area contributed by atoms with Gasteiger partial charge in [-0.2, -0.15) is 0 Å². The topological polar surface area (TPSA) is 106 Å². The van der Waals surface area contributed by atoms with Crippen molar-refractivity contribution in [2.45, 2.75) is 135 Å². The molecule has 2 spiro atoms. The zero-order valence-electron chi connectivity index (χ0n) is 28.8. The van der Waals surface area contributed by atoms with Gasteiger partial charge in [0.1, 0.15) is 33.6 Å². The van der Waals surface area contributed by atoms with Gasteiger partial charge < -0.3 is 19.1 Å². The fourth-order valence-electron chi connectivity index (χ4n) is 9.62. The number of ether oxygens (including phenoxy) is 3. The summed E-state index contributed by atoms with van der Waals surface area (Å²) in [4.78, 5) is 62.7. The highest BCUT2D eigenvalue weighted by atomic mass is 16.6. The lowest BCUT2D eigenvalue weighted by Crippen LogP contribution is -2.86. The van der Waals surface area contributed by atoms with E-state index in [0.29, 0.717) is 37.2 Å². The van der Waals surface area contributed by atoms with E-state index in [2.05, 4.69) is 13.8 Å². The van der Waals surface area contributed by atoms with Gasteiger partial charge >= 0.3 is 12.2 Å². The van der Waals surface area contributed by atoms with E-state index < -0.39 is 57.4 Å². The number of hydrogen-bond donors (Lipinski definition) is 0. The zero-order chi connectivity index (χ0) is 33.6. The fraction of sp³-hybridized carbons (Fsp3) is 0.667. The number of benzene rings is 1. The first-order chi connectivity index (χ1) is 21.1. The van der Waals surface area contributed by atoms with Gasteiger partial charge in [0.15, 0.2) is 0 Å². The lowest BCUT2D eigenvalue weighted by molar-refractivity contribution is -0.211. The minimum absolute atomic E-state index is 0.182. The van der Waals surface area contributed by atoms with Crippen molar-refractivity contribution in [3.8, 4) is 5.75 Å². The molecular formula is C36H47N3O7. The van der Waals surface area contributed by atoms with Crippen LogP contribution in [0.25, 0.3) is 6.08 Å². The number of anilines is 1. The Morgan fingerprint density at radius 3 is 2.22 bits per heavy atom. The van der Waals surface area contributed by atoms with Gasteiger partial charge in [0, 0.05) is 23.9 Å². The van der Waals surface area contributed by atoms with Crippen LogP contribution in [-0.2, 0) is 19.1 Å². The molecular weight excluding hydrogens is 586 g/mol. The Morgan fingerprint density at radius 2 is 1.57 bits per heavy atom. The maximum atomic E-state index is 14.9. The van der Waals surface area contributed by atoms with Crippen molar-refractivity contribution in [3.63, 3.8) is 0 Å². The zero-order valence-corrected chi connectivity index (χ0v) is 28.8. The summed E-state index contributed by atoms with van der Waals surface area (Å²) in [6, 6.07) is 3.50. The van der Waals surface area contributed by atoms with Crippen molar-refractivity contribution in [2.24, 2.45) is 11.3 Å². The van der Waals surface area contributed by atoms with Crippen molar-refractivity contribution >= 4 is 35.8 Å². The lowest BCUT2D eigenvalue weighted by atomic mass is 9.47. The largest absolute Gasteiger partial charge is 0.483 e. The van der Waals surface area contributed by atoms with Gasteiger partial charge in [0.2, 0.25) is 5.91 Å². The van der Waals surface area contributed by atoms with Crippen LogP contribution < -0.4 is 9.64 Å². The highest BCUT2D eigenvalue weighted by Crippen LogP contribution is 2.68. The predicted octanol–water partition coefficient (Wildman–Crippen LogP) is 6.41. The first-order valence-electron chi connectivity index (χ1n) is 16.6. The smallest absolute Gasteiger partial charge is 0.418 e. The molecule has 10 nitrogen and oxygen atoms in total. The second-order valence-electron chi connectivity index (χ2n) is 17.3. The SMILES string of the molecule is CC(C)(C)OC(=O)N1c2c(ccc3c2C=CC(C)(C)O3)[C@H]2C[C@]34C(=O)N5CCC[C@@]5(C[C@@H]3C(C)(C)[C@H]21)C(=O)N4C(=O)OC(C)(C)C. The fourth-order valence-corrected chi connectivity index (χ4v) is 9.62. The summed E-state index contributed by atoms with van der Waals surface area (Å²) >= 11 is 0. The number of imide groups is 1. The van der Waals surface area contributed by atoms with Crippen LogP contribution >= 0.6 is 0 Å². The summed E-state index contributed by atoms with van der Waals surface area (Å²) < 4.78 is 18.3. The van der Waals surface area contributed by atoms with Gasteiger partial charge in [-0.25, -0.2) is 14.5 Å². The van der Waals surface area contributed by atoms with Gasteiger partial charge in [-0.05, 0) is 110 Å². The Kier molecular flexibility index (Phi) is 6.12. The Labute approximate surface area is 271 Å². The van der Waals surface area contributed by atoms with Crippen LogP contribution in [0.1, 0.15) is 112 Å². The summed E-state index contributed by atoms with van der Waals surface area (Å²) in [6.07, 6.45) is 4.55.